The quantitative estimate of drug-likeness (QED) is 0.346. The fourth-order valence-corrected chi connectivity index (χ4v) is 3.43. The number of carbonyl (C=O) groups is 1. The molecule has 8 nitrogen and oxygen atoms in total. The van der Waals surface area contributed by atoms with Gasteiger partial charge in [-0.1, -0.05) is 67.6 Å². The predicted octanol–water partition coefficient (Wildman–Crippen LogP) is 4.27. The molecule has 0 saturated carbocycles. The Morgan fingerprint density at radius 2 is 1.65 bits per heavy atom. The van der Waals surface area contributed by atoms with Crippen LogP contribution in [0.1, 0.15) is 34.2 Å². The van der Waals surface area contributed by atoms with Gasteiger partial charge in [-0.25, -0.2) is 0 Å². The first-order valence-electron chi connectivity index (χ1n) is 11.0. The number of ether oxygens (including phenoxy) is 1. The summed E-state index contributed by atoms with van der Waals surface area (Å²) < 4.78 is 5.90. The van der Waals surface area contributed by atoms with Gasteiger partial charge in [0.1, 0.15) is 12.4 Å². The number of nitrogen functional groups attached to an aromatic ring is 1. The zero-order valence-corrected chi connectivity index (χ0v) is 18.9. The summed E-state index contributed by atoms with van der Waals surface area (Å²) in [6.07, 6.45) is 0.864. The van der Waals surface area contributed by atoms with E-state index >= 15 is 0 Å². The van der Waals surface area contributed by atoms with Crippen LogP contribution in [0.25, 0.3) is 0 Å². The number of para-hydroxylation sites is 2. The summed E-state index contributed by atoms with van der Waals surface area (Å²) in [5.74, 6) is 0.967. The Morgan fingerprint density at radius 1 is 0.912 bits per heavy atom. The highest BCUT2D eigenvalue weighted by atomic mass is 16.5. The molecule has 0 radical (unpaired) electrons. The molecule has 0 aliphatic heterocycles. The predicted molar refractivity (Wildman–Crippen MR) is 132 cm³/mol. The lowest BCUT2D eigenvalue weighted by Gasteiger charge is -2.13. The lowest BCUT2D eigenvalue weighted by Crippen LogP contribution is -2.23. The van der Waals surface area contributed by atoms with Gasteiger partial charge in [-0.3, -0.25) is 4.79 Å². The molecular formula is C26H26N6O2. The van der Waals surface area contributed by atoms with Crippen molar-refractivity contribution in [3.8, 4) is 5.75 Å². The third-order valence-corrected chi connectivity index (χ3v) is 5.13. The van der Waals surface area contributed by atoms with E-state index < -0.39 is 0 Å². The molecule has 0 atom stereocenters. The third kappa shape index (κ3) is 5.86. The summed E-state index contributed by atoms with van der Waals surface area (Å²) in [4.78, 5) is 25.5. The molecule has 8 heteroatoms. The summed E-state index contributed by atoms with van der Waals surface area (Å²) >= 11 is 0. The molecule has 1 amide bonds. The highest BCUT2D eigenvalue weighted by molar-refractivity contribution is 5.96. The molecule has 0 aliphatic carbocycles. The monoisotopic (exact) mass is 454 g/mol. The SMILES string of the molecule is CCc1ccccc1Nc1nc(N)nc(COc2ccccc2C(=O)NCc2ccccc2)n1. The van der Waals surface area contributed by atoms with Gasteiger partial charge in [-0.15, -0.1) is 0 Å². The Labute approximate surface area is 198 Å². The summed E-state index contributed by atoms with van der Waals surface area (Å²) in [5, 5.41) is 6.12. The number of aromatic nitrogens is 3. The van der Waals surface area contributed by atoms with Gasteiger partial charge in [0.05, 0.1) is 5.56 Å². The molecule has 0 saturated heterocycles. The van der Waals surface area contributed by atoms with Crippen molar-refractivity contribution in [2.24, 2.45) is 0 Å². The molecule has 0 fully saturated rings. The van der Waals surface area contributed by atoms with Crippen LogP contribution in [0.5, 0.6) is 5.75 Å². The average Bonchev–Trinajstić information content (AvgIpc) is 2.87. The Balaban J connectivity index is 1.45. The summed E-state index contributed by atoms with van der Waals surface area (Å²) in [5.41, 5.74) is 9.38. The Kier molecular flexibility index (Phi) is 7.29. The van der Waals surface area contributed by atoms with Crippen LogP contribution in [0.15, 0.2) is 78.9 Å². The van der Waals surface area contributed by atoms with E-state index in [1.165, 1.54) is 0 Å². The number of anilines is 3. The number of amides is 1. The van der Waals surface area contributed by atoms with E-state index in [-0.39, 0.29) is 18.5 Å². The minimum atomic E-state index is -0.229. The molecule has 4 aromatic rings. The average molecular weight is 455 g/mol. The normalized spacial score (nSPS) is 10.5. The topological polar surface area (TPSA) is 115 Å². The first kappa shape index (κ1) is 22.7. The number of rotatable bonds is 9. The van der Waals surface area contributed by atoms with Gasteiger partial charge in [0, 0.05) is 12.2 Å². The minimum Gasteiger partial charge on any atom is -0.485 e. The molecule has 34 heavy (non-hydrogen) atoms. The van der Waals surface area contributed by atoms with Crippen molar-refractivity contribution >= 4 is 23.5 Å². The summed E-state index contributed by atoms with van der Waals surface area (Å²) in [7, 11) is 0. The number of benzene rings is 3. The molecule has 0 aliphatic rings. The molecule has 0 unspecified atom stereocenters. The van der Waals surface area contributed by atoms with Crippen LogP contribution in [0.4, 0.5) is 17.6 Å². The van der Waals surface area contributed by atoms with Gasteiger partial charge in [-0.2, -0.15) is 15.0 Å². The van der Waals surface area contributed by atoms with E-state index in [1.807, 2.05) is 54.6 Å². The fraction of sp³-hybridized carbons (Fsp3) is 0.154. The number of hydrogen-bond acceptors (Lipinski definition) is 7. The highest BCUT2D eigenvalue weighted by Crippen LogP contribution is 2.21. The largest absolute Gasteiger partial charge is 0.485 e. The second kappa shape index (κ2) is 10.9. The van der Waals surface area contributed by atoms with Crippen LogP contribution in [0.3, 0.4) is 0 Å². The number of hydrogen-bond donors (Lipinski definition) is 3. The van der Waals surface area contributed by atoms with E-state index in [1.54, 1.807) is 24.3 Å². The van der Waals surface area contributed by atoms with E-state index in [0.29, 0.717) is 29.6 Å². The molecule has 0 bridgehead atoms. The number of nitrogens with zero attached hydrogens (tertiary/aromatic N) is 3. The van der Waals surface area contributed by atoms with E-state index in [0.717, 1.165) is 23.2 Å². The van der Waals surface area contributed by atoms with Gasteiger partial charge in [-0.05, 0) is 35.7 Å². The summed E-state index contributed by atoms with van der Waals surface area (Å²) in [6.45, 7) is 2.53. The third-order valence-electron chi connectivity index (χ3n) is 5.13. The lowest BCUT2D eigenvalue weighted by molar-refractivity contribution is 0.0946. The molecule has 0 spiro atoms. The first-order chi connectivity index (χ1) is 16.6. The van der Waals surface area contributed by atoms with Crippen LogP contribution in [-0.4, -0.2) is 20.9 Å². The van der Waals surface area contributed by atoms with Crippen molar-refractivity contribution < 1.29 is 9.53 Å². The standard InChI is InChI=1S/C26H26N6O2/c1-2-19-12-6-8-14-21(19)29-26-31-23(30-25(27)32-26)17-34-22-15-9-7-13-20(22)24(33)28-16-18-10-4-3-5-11-18/h3-15H,2,16-17H2,1H3,(H,28,33)(H3,27,29,30,31,32). The van der Waals surface area contributed by atoms with E-state index in [2.05, 4.69) is 32.5 Å². The molecule has 4 rings (SSSR count). The number of carbonyl (C=O) groups excluding carboxylic acids is 1. The smallest absolute Gasteiger partial charge is 0.255 e. The van der Waals surface area contributed by atoms with Crippen molar-refractivity contribution in [2.45, 2.75) is 26.5 Å². The van der Waals surface area contributed by atoms with Gasteiger partial charge < -0.3 is 21.1 Å². The lowest BCUT2D eigenvalue weighted by atomic mass is 10.1. The number of nitrogens with two attached hydrogens (primary N) is 1. The van der Waals surface area contributed by atoms with Crippen molar-refractivity contribution in [2.75, 3.05) is 11.1 Å². The van der Waals surface area contributed by atoms with Gasteiger partial charge >= 0.3 is 0 Å². The minimum absolute atomic E-state index is 0.0276. The highest BCUT2D eigenvalue weighted by Gasteiger charge is 2.13. The first-order valence-corrected chi connectivity index (χ1v) is 11.0. The zero-order chi connectivity index (χ0) is 23.8. The maximum Gasteiger partial charge on any atom is 0.255 e. The van der Waals surface area contributed by atoms with Crippen molar-refractivity contribution in [1.82, 2.24) is 20.3 Å². The van der Waals surface area contributed by atoms with Gasteiger partial charge in [0.15, 0.2) is 5.82 Å². The zero-order valence-electron chi connectivity index (χ0n) is 18.9. The van der Waals surface area contributed by atoms with Crippen molar-refractivity contribution in [3.63, 3.8) is 0 Å². The van der Waals surface area contributed by atoms with Gasteiger partial charge in [0.2, 0.25) is 11.9 Å². The van der Waals surface area contributed by atoms with Crippen LogP contribution in [-0.2, 0) is 19.6 Å². The molecule has 1 aromatic heterocycles. The molecule has 1 heterocycles. The maximum atomic E-state index is 12.8. The van der Waals surface area contributed by atoms with Crippen LogP contribution < -0.4 is 21.1 Å². The van der Waals surface area contributed by atoms with Crippen LogP contribution >= 0.6 is 0 Å². The Hall–Kier alpha value is -4.46. The van der Waals surface area contributed by atoms with Crippen molar-refractivity contribution in [3.05, 3.63) is 101 Å². The van der Waals surface area contributed by atoms with Crippen LogP contribution in [0, 0.1) is 0 Å². The second-order valence-corrected chi connectivity index (χ2v) is 7.52. The number of aryl methyl sites for hydroxylation is 1. The number of nitrogens with one attached hydrogen (secondary N) is 2. The second-order valence-electron chi connectivity index (χ2n) is 7.52. The molecule has 172 valence electrons. The molecule has 4 N–H and O–H groups in total. The van der Waals surface area contributed by atoms with E-state index in [9.17, 15) is 4.79 Å². The Morgan fingerprint density at radius 3 is 2.47 bits per heavy atom. The maximum absolute atomic E-state index is 12.8. The molecule has 3 aromatic carbocycles. The summed E-state index contributed by atoms with van der Waals surface area (Å²) in [6, 6.07) is 24.7. The van der Waals surface area contributed by atoms with E-state index in [4.69, 9.17) is 10.5 Å². The van der Waals surface area contributed by atoms with Gasteiger partial charge in [0.25, 0.3) is 5.91 Å². The fourth-order valence-electron chi connectivity index (χ4n) is 3.43. The van der Waals surface area contributed by atoms with Crippen molar-refractivity contribution in [1.29, 1.82) is 0 Å². The van der Waals surface area contributed by atoms with Crippen LogP contribution in [0.2, 0.25) is 0 Å². The Bertz CT molecular complexity index is 1260. The molecular weight excluding hydrogens is 428 g/mol.